The van der Waals surface area contributed by atoms with Gasteiger partial charge in [0.05, 0.1) is 14.2 Å². The van der Waals surface area contributed by atoms with Crippen LogP contribution >= 0.6 is 0 Å². The molecule has 1 heterocycles. The van der Waals surface area contributed by atoms with E-state index in [0.717, 1.165) is 11.3 Å². The van der Waals surface area contributed by atoms with E-state index in [1.807, 2.05) is 12.1 Å². The molecule has 1 aliphatic heterocycles. The van der Waals surface area contributed by atoms with E-state index in [4.69, 9.17) is 18.9 Å². The van der Waals surface area contributed by atoms with E-state index in [-0.39, 0.29) is 5.91 Å². The number of hydrogen-bond acceptors (Lipinski definition) is 5. The normalized spacial score (nSPS) is 12.3. The number of hydrogen-bond donors (Lipinski definition) is 1. The van der Waals surface area contributed by atoms with E-state index in [1.165, 1.54) is 0 Å². The summed E-state index contributed by atoms with van der Waals surface area (Å²) >= 11 is 0. The van der Waals surface area contributed by atoms with Gasteiger partial charge in [-0.05, 0) is 35.9 Å². The smallest absolute Gasteiger partial charge is 0.251 e. The van der Waals surface area contributed by atoms with E-state index in [2.05, 4.69) is 5.32 Å². The van der Waals surface area contributed by atoms with Crippen molar-refractivity contribution in [3.8, 4) is 23.0 Å². The third-order valence-electron chi connectivity index (χ3n) is 3.74. The van der Waals surface area contributed by atoms with Crippen LogP contribution in [0.15, 0.2) is 36.4 Å². The van der Waals surface area contributed by atoms with Crippen molar-refractivity contribution in [3.63, 3.8) is 0 Å². The molecule has 3 rings (SSSR count). The number of fused-ring (bicyclic) bond motifs is 1. The Hall–Kier alpha value is -2.89. The topological polar surface area (TPSA) is 66.0 Å². The second kappa shape index (κ2) is 7.12. The summed E-state index contributed by atoms with van der Waals surface area (Å²) in [4.78, 5) is 11.5. The van der Waals surface area contributed by atoms with Gasteiger partial charge >= 0.3 is 0 Å². The van der Waals surface area contributed by atoms with Gasteiger partial charge in [0.25, 0.3) is 5.91 Å². The SMILES string of the molecule is COc1ccc(OCCOc2ccc3c(c2)CNC3=O)cc1OC. The summed E-state index contributed by atoms with van der Waals surface area (Å²) in [5, 5.41) is 2.78. The van der Waals surface area contributed by atoms with E-state index in [0.29, 0.717) is 42.6 Å². The lowest BCUT2D eigenvalue weighted by atomic mass is 10.1. The lowest BCUT2D eigenvalue weighted by Crippen LogP contribution is -2.12. The fourth-order valence-electron chi connectivity index (χ4n) is 2.52. The fraction of sp³-hybridized carbons (Fsp3) is 0.278. The first-order valence-corrected chi connectivity index (χ1v) is 7.60. The highest BCUT2D eigenvalue weighted by Crippen LogP contribution is 2.30. The highest BCUT2D eigenvalue weighted by Gasteiger charge is 2.18. The Morgan fingerprint density at radius 1 is 0.917 bits per heavy atom. The van der Waals surface area contributed by atoms with Crippen LogP contribution in [0, 0.1) is 0 Å². The molecular formula is C18H19NO5. The summed E-state index contributed by atoms with van der Waals surface area (Å²) < 4.78 is 21.7. The second-order valence-electron chi connectivity index (χ2n) is 5.22. The van der Waals surface area contributed by atoms with Crippen molar-refractivity contribution >= 4 is 5.91 Å². The zero-order chi connectivity index (χ0) is 16.9. The Labute approximate surface area is 140 Å². The predicted octanol–water partition coefficient (Wildman–Crippen LogP) is 2.41. The first-order chi connectivity index (χ1) is 11.7. The van der Waals surface area contributed by atoms with Crippen molar-refractivity contribution in [1.29, 1.82) is 0 Å². The summed E-state index contributed by atoms with van der Waals surface area (Å²) in [5.74, 6) is 2.64. The van der Waals surface area contributed by atoms with E-state index >= 15 is 0 Å². The molecule has 0 unspecified atom stereocenters. The maximum absolute atomic E-state index is 11.5. The number of rotatable bonds is 7. The van der Waals surface area contributed by atoms with Crippen LogP contribution < -0.4 is 24.3 Å². The standard InChI is InChI=1S/C18H19NO5/c1-21-16-6-4-14(10-17(16)22-2)24-8-7-23-13-3-5-15-12(9-13)11-19-18(15)20/h3-6,9-10H,7-8,11H2,1-2H3,(H,19,20). The molecule has 2 aromatic carbocycles. The average Bonchev–Trinajstić information content (AvgIpc) is 2.99. The molecule has 0 spiro atoms. The van der Waals surface area contributed by atoms with Gasteiger partial charge in [0.2, 0.25) is 0 Å². The number of ether oxygens (including phenoxy) is 4. The third kappa shape index (κ3) is 3.37. The van der Waals surface area contributed by atoms with Gasteiger partial charge in [-0.15, -0.1) is 0 Å². The van der Waals surface area contributed by atoms with Crippen LogP contribution in [0.5, 0.6) is 23.0 Å². The molecule has 1 aliphatic rings. The number of carbonyl (C=O) groups excluding carboxylic acids is 1. The minimum Gasteiger partial charge on any atom is -0.493 e. The molecular weight excluding hydrogens is 310 g/mol. The molecule has 24 heavy (non-hydrogen) atoms. The predicted molar refractivity (Wildman–Crippen MR) is 88.1 cm³/mol. The van der Waals surface area contributed by atoms with Crippen LogP contribution in [0.25, 0.3) is 0 Å². The number of methoxy groups -OCH3 is 2. The quantitative estimate of drug-likeness (QED) is 0.790. The molecule has 0 saturated heterocycles. The van der Waals surface area contributed by atoms with E-state index < -0.39 is 0 Å². The third-order valence-corrected chi connectivity index (χ3v) is 3.74. The van der Waals surface area contributed by atoms with Gasteiger partial charge in [0, 0.05) is 18.2 Å². The van der Waals surface area contributed by atoms with Crippen molar-refractivity contribution < 1.29 is 23.7 Å². The minimum absolute atomic E-state index is 0.0339. The van der Waals surface area contributed by atoms with Crippen molar-refractivity contribution in [3.05, 3.63) is 47.5 Å². The van der Waals surface area contributed by atoms with Crippen molar-refractivity contribution in [1.82, 2.24) is 5.32 Å². The summed E-state index contributed by atoms with van der Waals surface area (Å²) in [6.07, 6.45) is 0. The van der Waals surface area contributed by atoms with Crippen molar-refractivity contribution in [2.45, 2.75) is 6.54 Å². The van der Waals surface area contributed by atoms with Crippen LogP contribution in [-0.4, -0.2) is 33.3 Å². The van der Waals surface area contributed by atoms with Crippen LogP contribution in [-0.2, 0) is 6.54 Å². The summed E-state index contributed by atoms with van der Waals surface area (Å²) in [5.41, 5.74) is 1.67. The summed E-state index contributed by atoms with van der Waals surface area (Å²) in [6, 6.07) is 10.8. The van der Waals surface area contributed by atoms with Gasteiger partial charge in [-0.1, -0.05) is 0 Å². The lowest BCUT2D eigenvalue weighted by molar-refractivity contribution is 0.0965. The number of benzene rings is 2. The molecule has 0 radical (unpaired) electrons. The first kappa shape index (κ1) is 16.0. The Morgan fingerprint density at radius 2 is 1.58 bits per heavy atom. The Balaban J connectivity index is 1.51. The molecule has 6 nitrogen and oxygen atoms in total. The maximum atomic E-state index is 11.5. The van der Waals surface area contributed by atoms with Crippen LogP contribution in [0.3, 0.4) is 0 Å². The van der Waals surface area contributed by atoms with Crippen molar-refractivity contribution in [2.24, 2.45) is 0 Å². The fourth-order valence-corrected chi connectivity index (χ4v) is 2.52. The molecule has 1 N–H and O–H groups in total. The van der Waals surface area contributed by atoms with Gasteiger partial charge in [-0.3, -0.25) is 4.79 Å². The molecule has 0 aliphatic carbocycles. The van der Waals surface area contributed by atoms with Gasteiger partial charge in [-0.25, -0.2) is 0 Å². The van der Waals surface area contributed by atoms with Gasteiger partial charge in [0.15, 0.2) is 11.5 Å². The summed E-state index contributed by atoms with van der Waals surface area (Å²) in [6.45, 7) is 1.34. The molecule has 0 fully saturated rings. The highest BCUT2D eigenvalue weighted by molar-refractivity contribution is 5.98. The zero-order valence-corrected chi connectivity index (χ0v) is 13.6. The van der Waals surface area contributed by atoms with E-state index in [1.54, 1.807) is 38.5 Å². The van der Waals surface area contributed by atoms with Gasteiger partial charge in [-0.2, -0.15) is 0 Å². The van der Waals surface area contributed by atoms with Crippen LogP contribution in [0.2, 0.25) is 0 Å². The Bertz CT molecular complexity index is 744. The molecule has 0 saturated carbocycles. The number of nitrogens with one attached hydrogen (secondary N) is 1. The molecule has 6 heteroatoms. The second-order valence-corrected chi connectivity index (χ2v) is 5.22. The monoisotopic (exact) mass is 329 g/mol. The van der Waals surface area contributed by atoms with Crippen molar-refractivity contribution in [2.75, 3.05) is 27.4 Å². The average molecular weight is 329 g/mol. The van der Waals surface area contributed by atoms with Gasteiger partial charge < -0.3 is 24.3 Å². The first-order valence-electron chi connectivity index (χ1n) is 7.60. The van der Waals surface area contributed by atoms with E-state index in [9.17, 15) is 4.79 Å². The number of amides is 1. The summed E-state index contributed by atoms with van der Waals surface area (Å²) in [7, 11) is 3.17. The Morgan fingerprint density at radius 3 is 2.29 bits per heavy atom. The molecule has 126 valence electrons. The zero-order valence-electron chi connectivity index (χ0n) is 13.6. The minimum atomic E-state index is -0.0339. The molecule has 0 aromatic heterocycles. The largest absolute Gasteiger partial charge is 0.493 e. The lowest BCUT2D eigenvalue weighted by Gasteiger charge is -2.11. The molecule has 2 aromatic rings. The molecule has 0 atom stereocenters. The maximum Gasteiger partial charge on any atom is 0.251 e. The Kier molecular flexibility index (Phi) is 4.74. The van der Waals surface area contributed by atoms with Crippen LogP contribution in [0.1, 0.15) is 15.9 Å². The van der Waals surface area contributed by atoms with Crippen LogP contribution in [0.4, 0.5) is 0 Å². The highest BCUT2D eigenvalue weighted by atomic mass is 16.5. The number of carbonyl (C=O) groups is 1. The molecule has 0 bridgehead atoms. The van der Waals surface area contributed by atoms with Gasteiger partial charge in [0.1, 0.15) is 24.7 Å². The molecule has 1 amide bonds.